The molecule has 0 unspecified atom stereocenters. The summed E-state index contributed by atoms with van der Waals surface area (Å²) in [5, 5.41) is 5.88. The summed E-state index contributed by atoms with van der Waals surface area (Å²) in [5.74, 6) is 0.452. The predicted molar refractivity (Wildman–Crippen MR) is 100 cm³/mol. The van der Waals surface area contributed by atoms with Gasteiger partial charge in [0.05, 0.1) is 31.4 Å². The van der Waals surface area contributed by atoms with Gasteiger partial charge in [-0.1, -0.05) is 23.2 Å². The van der Waals surface area contributed by atoms with Crippen molar-refractivity contribution in [2.75, 3.05) is 20.8 Å². The Balaban J connectivity index is 1.88. The van der Waals surface area contributed by atoms with Gasteiger partial charge in [0.2, 0.25) is 5.91 Å². The fraction of sp³-hybridized carbons (Fsp3) is 0.222. The highest BCUT2D eigenvalue weighted by Crippen LogP contribution is 2.22. The molecule has 0 saturated heterocycles. The van der Waals surface area contributed by atoms with Crippen molar-refractivity contribution in [1.82, 2.24) is 10.6 Å². The molecule has 0 radical (unpaired) electrons. The number of carbonyl (C=O) groups excluding carboxylic acids is 2. The second-order valence-electron chi connectivity index (χ2n) is 5.30. The van der Waals surface area contributed by atoms with E-state index in [2.05, 4.69) is 10.6 Å². The highest BCUT2D eigenvalue weighted by atomic mass is 35.5. The van der Waals surface area contributed by atoms with Gasteiger partial charge in [0.1, 0.15) is 11.5 Å². The Labute approximate surface area is 161 Å². The van der Waals surface area contributed by atoms with Crippen molar-refractivity contribution in [2.24, 2.45) is 0 Å². The van der Waals surface area contributed by atoms with Gasteiger partial charge in [-0.25, -0.2) is 0 Å². The fourth-order valence-electron chi connectivity index (χ4n) is 2.16. The molecular formula is C18H18Cl2N2O4. The highest BCUT2D eigenvalue weighted by Gasteiger charge is 2.12. The van der Waals surface area contributed by atoms with Gasteiger partial charge >= 0.3 is 0 Å². The number of amides is 2. The van der Waals surface area contributed by atoms with Gasteiger partial charge in [-0.2, -0.15) is 0 Å². The van der Waals surface area contributed by atoms with Gasteiger partial charge in [0, 0.05) is 17.6 Å². The molecule has 2 aromatic carbocycles. The molecule has 2 rings (SSSR count). The number of rotatable bonds is 7. The minimum Gasteiger partial charge on any atom is -0.497 e. The van der Waals surface area contributed by atoms with Gasteiger partial charge in [0.25, 0.3) is 5.91 Å². The Hall–Kier alpha value is -2.44. The maximum Gasteiger partial charge on any atom is 0.253 e. The summed E-state index contributed by atoms with van der Waals surface area (Å²) in [7, 11) is 3.10. The van der Waals surface area contributed by atoms with E-state index in [0.717, 1.165) is 5.56 Å². The molecule has 2 N–H and O–H groups in total. The van der Waals surface area contributed by atoms with E-state index < -0.39 is 5.91 Å². The second kappa shape index (κ2) is 9.31. The first kappa shape index (κ1) is 19.9. The molecule has 0 bridgehead atoms. The average molecular weight is 397 g/mol. The van der Waals surface area contributed by atoms with E-state index in [0.29, 0.717) is 16.5 Å². The van der Waals surface area contributed by atoms with E-state index in [-0.39, 0.29) is 29.6 Å². The molecule has 0 aromatic heterocycles. The van der Waals surface area contributed by atoms with E-state index in [4.69, 9.17) is 32.7 Å². The summed E-state index contributed by atoms with van der Waals surface area (Å²) < 4.78 is 10.4. The number of carbonyl (C=O) groups is 2. The Bertz CT molecular complexity index is 790. The lowest BCUT2D eigenvalue weighted by molar-refractivity contribution is -0.120. The van der Waals surface area contributed by atoms with Gasteiger partial charge in [-0.3, -0.25) is 9.59 Å². The van der Waals surface area contributed by atoms with E-state index in [1.54, 1.807) is 38.5 Å². The van der Waals surface area contributed by atoms with Crippen molar-refractivity contribution in [3.63, 3.8) is 0 Å². The third kappa shape index (κ3) is 5.54. The van der Waals surface area contributed by atoms with Crippen LogP contribution in [-0.2, 0) is 11.3 Å². The molecule has 2 aromatic rings. The van der Waals surface area contributed by atoms with Gasteiger partial charge in [-0.05, 0) is 35.9 Å². The Morgan fingerprint density at radius 3 is 2.19 bits per heavy atom. The third-order valence-corrected chi connectivity index (χ3v) is 4.03. The smallest absolute Gasteiger partial charge is 0.253 e. The molecule has 0 heterocycles. The highest BCUT2D eigenvalue weighted by molar-refractivity contribution is 6.36. The van der Waals surface area contributed by atoms with Crippen LogP contribution in [0.15, 0.2) is 36.4 Å². The van der Waals surface area contributed by atoms with E-state index in [9.17, 15) is 9.59 Å². The van der Waals surface area contributed by atoms with Crippen LogP contribution in [0.5, 0.6) is 11.5 Å². The average Bonchev–Trinajstić information content (AvgIpc) is 2.64. The molecule has 0 saturated carbocycles. The quantitative estimate of drug-likeness (QED) is 0.753. The molecule has 26 heavy (non-hydrogen) atoms. The second-order valence-corrected chi connectivity index (χ2v) is 6.15. The summed E-state index contributed by atoms with van der Waals surface area (Å²) in [5.41, 5.74) is 1.06. The first-order valence-electron chi connectivity index (χ1n) is 7.65. The standard InChI is InChI=1S/C18H18Cl2N2O4/c1-25-13-5-11(6-14(8-13)26-2)9-21-17(23)10-22-18(24)15-4-3-12(19)7-16(15)20/h3-8H,9-10H2,1-2H3,(H,21,23)(H,22,24). The molecule has 0 fully saturated rings. The van der Waals surface area contributed by atoms with Crippen molar-refractivity contribution in [3.05, 3.63) is 57.6 Å². The Morgan fingerprint density at radius 1 is 0.962 bits per heavy atom. The summed E-state index contributed by atoms with van der Waals surface area (Å²) in [6.07, 6.45) is 0. The zero-order chi connectivity index (χ0) is 19.1. The molecular weight excluding hydrogens is 379 g/mol. The number of hydrogen-bond acceptors (Lipinski definition) is 4. The number of nitrogens with one attached hydrogen (secondary N) is 2. The molecule has 2 amide bonds. The van der Waals surface area contributed by atoms with Crippen molar-refractivity contribution in [3.8, 4) is 11.5 Å². The van der Waals surface area contributed by atoms with E-state index in [1.165, 1.54) is 12.1 Å². The summed E-state index contributed by atoms with van der Waals surface area (Å²) in [4.78, 5) is 24.0. The Kier molecular flexibility index (Phi) is 7.12. The van der Waals surface area contributed by atoms with E-state index in [1.807, 2.05) is 0 Å². The molecule has 0 aliphatic carbocycles. The van der Waals surface area contributed by atoms with Gasteiger partial charge in [-0.15, -0.1) is 0 Å². The number of methoxy groups -OCH3 is 2. The molecule has 0 aliphatic heterocycles. The largest absolute Gasteiger partial charge is 0.497 e. The third-order valence-electron chi connectivity index (χ3n) is 3.49. The molecule has 138 valence electrons. The summed E-state index contributed by atoms with van der Waals surface area (Å²) >= 11 is 11.8. The van der Waals surface area contributed by atoms with Gasteiger partial charge in [0.15, 0.2) is 0 Å². The SMILES string of the molecule is COc1cc(CNC(=O)CNC(=O)c2ccc(Cl)cc2Cl)cc(OC)c1. The van der Waals surface area contributed by atoms with Crippen LogP contribution in [0.1, 0.15) is 15.9 Å². The monoisotopic (exact) mass is 396 g/mol. The molecule has 0 spiro atoms. The first-order valence-corrected chi connectivity index (χ1v) is 8.40. The Morgan fingerprint density at radius 2 is 1.62 bits per heavy atom. The molecule has 6 nitrogen and oxygen atoms in total. The lowest BCUT2D eigenvalue weighted by atomic mass is 10.2. The minimum atomic E-state index is -0.454. The molecule has 8 heteroatoms. The van der Waals surface area contributed by atoms with Crippen LogP contribution < -0.4 is 20.1 Å². The summed E-state index contributed by atoms with van der Waals surface area (Å²) in [6, 6.07) is 9.83. The van der Waals surface area contributed by atoms with Crippen molar-refractivity contribution in [2.45, 2.75) is 6.54 Å². The number of hydrogen-bond donors (Lipinski definition) is 2. The molecule has 0 atom stereocenters. The lowest BCUT2D eigenvalue weighted by Gasteiger charge is -2.10. The van der Waals surface area contributed by atoms with Gasteiger partial charge < -0.3 is 20.1 Å². The van der Waals surface area contributed by atoms with Crippen LogP contribution >= 0.6 is 23.2 Å². The lowest BCUT2D eigenvalue weighted by Crippen LogP contribution is -2.36. The number of halogens is 2. The first-order chi connectivity index (χ1) is 12.4. The maximum atomic E-state index is 12.1. The van der Waals surface area contributed by atoms with Crippen molar-refractivity contribution >= 4 is 35.0 Å². The van der Waals surface area contributed by atoms with Crippen LogP contribution in [-0.4, -0.2) is 32.6 Å². The topological polar surface area (TPSA) is 76.7 Å². The fourth-order valence-corrected chi connectivity index (χ4v) is 2.66. The number of benzene rings is 2. The maximum absolute atomic E-state index is 12.1. The van der Waals surface area contributed by atoms with Crippen LogP contribution in [0.4, 0.5) is 0 Å². The van der Waals surface area contributed by atoms with Crippen LogP contribution in [0.25, 0.3) is 0 Å². The normalized spacial score (nSPS) is 10.2. The van der Waals surface area contributed by atoms with Crippen molar-refractivity contribution in [1.29, 1.82) is 0 Å². The van der Waals surface area contributed by atoms with Crippen molar-refractivity contribution < 1.29 is 19.1 Å². The minimum absolute atomic E-state index is 0.182. The molecule has 0 aliphatic rings. The van der Waals surface area contributed by atoms with Crippen LogP contribution in [0, 0.1) is 0 Å². The predicted octanol–water partition coefficient (Wildman–Crippen LogP) is 3.06. The summed E-state index contributed by atoms with van der Waals surface area (Å²) in [6.45, 7) is 0.0862. The zero-order valence-electron chi connectivity index (χ0n) is 14.3. The number of ether oxygens (including phenoxy) is 2. The van der Waals surface area contributed by atoms with E-state index >= 15 is 0 Å². The van der Waals surface area contributed by atoms with Crippen LogP contribution in [0.2, 0.25) is 10.0 Å². The van der Waals surface area contributed by atoms with Crippen LogP contribution in [0.3, 0.4) is 0 Å². The zero-order valence-corrected chi connectivity index (χ0v) is 15.8.